The fourth-order valence-corrected chi connectivity index (χ4v) is 2.11. The lowest BCUT2D eigenvalue weighted by molar-refractivity contribution is -0.158. The van der Waals surface area contributed by atoms with Crippen LogP contribution in [-0.4, -0.2) is 6.18 Å². The predicted octanol–water partition coefficient (Wildman–Crippen LogP) is 4.39. The lowest BCUT2D eigenvalue weighted by Gasteiger charge is -2.22. The molecule has 1 atom stereocenters. The van der Waals surface area contributed by atoms with Crippen molar-refractivity contribution in [3.05, 3.63) is 71.3 Å². The minimum absolute atomic E-state index is 0.181. The Morgan fingerprint density at radius 1 is 1.00 bits per heavy atom. The van der Waals surface area contributed by atoms with Gasteiger partial charge in [-0.05, 0) is 18.1 Å². The van der Waals surface area contributed by atoms with E-state index in [4.69, 9.17) is 0 Å². The molecule has 2 aromatic rings. The zero-order chi connectivity index (χ0) is 14.6. The van der Waals surface area contributed by atoms with Gasteiger partial charge in [0, 0.05) is 6.54 Å². The van der Waals surface area contributed by atoms with Crippen molar-refractivity contribution >= 4 is 0 Å². The average molecular weight is 279 g/mol. The molecule has 0 aliphatic rings. The summed E-state index contributed by atoms with van der Waals surface area (Å²) in [7, 11) is 0. The molecule has 0 saturated carbocycles. The van der Waals surface area contributed by atoms with E-state index in [-0.39, 0.29) is 12.1 Å². The minimum Gasteiger partial charge on any atom is -0.298 e. The average Bonchev–Trinajstić information content (AvgIpc) is 2.39. The van der Waals surface area contributed by atoms with E-state index in [9.17, 15) is 13.2 Å². The van der Waals surface area contributed by atoms with Crippen molar-refractivity contribution in [1.82, 2.24) is 5.32 Å². The standard InChI is InChI=1S/C16H16F3N/c1-12-6-5-7-13(10-12)11-20-15(16(17,18)19)14-8-3-2-4-9-14/h2-10,15,20H,11H2,1H3. The number of nitrogens with one attached hydrogen (secondary N) is 1. The lowest BCUT2D eigenvalue weighted by Crippen LogP contribution is -2.33. The fourth-order valence-electron chi connectivity index (χ4n) is 2.11. The first-order valence-electron chi connectivity index (χ1n) is 6.37. The van der Waals surface area contributed by atoms with Gasteiger partial charge in [-0.2, -0.15) is 13.2 Å². The number of hydrogen-bond donors (Lipinski definition) is 1. The van der Waals surface area contributed by atoms with Crippen LogP contribution in [0.1, 0.15) is 22.7 Å². The van der Waals surface area contributed by atoms with Crippen LogP contribution < -0.4 is 5.32 Å². The van der Waals surface area contributed by atoms with Gasteiger partial charge < -0.3 is 0 Å². The van der Waals surface area contributed by atoms with Crippen LogP contribution in [-0.2, 0) is 6.54 Å². The Kier molecular flexibility index (Phi) is 4.45. The Balaban J connectivity index is 2.14. The predicted molar refractivity (Wildman–Crippen MR) is 73.3 cm³/mol. The van der Waals surface area contributed by atoms with Crippen LogP contribution in [0.3, 0.4) is 0 Å². The maximum absolute atomic E-state index is 13.1. The van der Waals surface area contributed by atoms with Crippen molar-refractivity contribution in [2.75, 3.05) is 0 Å². The van der Waals surface area contributed by atoms with Gasteiger partial charge in [0.1, 0.15) is 6.04 Å². The van der Waals surface area contributed by atoms with E-state index in [0.717, 1.165) is 11.1 Å². The largest absolute Gasteiger partial charge is 0.407 e. The molecule has 0 amide bonds. The highest BCUT2D eigenvalue weighted by Crippen LogP contribution is 2.32. The molecule has 0 saturated heterocycles. The van der Waals surface area contributed by atoms with E-state index in [1.54, 1.807) is 18.2 Å². The van der Waals surface area contributed by atoms with Crippen LogP contribution in [0.5, 0.6) is 0 Å². The van der Waals surface area contributed by atoms with E-state index < -0.39 is 12.2 Å². The highest BCUT2D eigenvalue weighted by molar-refractivity contribution is 5.24. The van der Waals surface area contributed by atoms with Gasteiger partial charge in [-0.1, -0.05) is 60.2 Å². The molecule has 1 nitrogen and oxygen atoms in total. The molecule has 0 spiro atoms. The number of hydrogen-bond acceptors (Lipinski definition) is 1. The topological polar surface area (TPSA) is 12.0 Å². The molecule has 0 heterocycles. The van der Waals surface area contributed by atoms with Crippen LogP contribution >= 0.6 is 0 Å². The van der Waals surface area contributed by atoms with Gasteiger partial charge in [0.25, 0.3) is 0 Å². The summed E-state index contributed by atoms with van der Waals surface area (Å²) in [5.41, 5.74) is 2.11. The summed E-state index contributed by atoms with van der Waals surface area (Å²) in [6, 6.07) is 13.7. The number of rotatable bonds is 4. The molecule has 0 aromatic heterocycles. The van der Waals surface area contributed by atoms with Crippen LogP contribution in [0.4, 0.5) is 13.2 Å². The van der Waals surface area contributed by atoms with Gasteiger partial charge >= 0.3 is 6.18 Å². The molecule has 0 aliphatic heterocycles. The molecule has 106 valence electrons. The second kappa shape index (κ2) is 6.09. The van der Waals surface area contributed by atoms with E-state index >= 15 is 0 Å². The quantitative estimate of drug-likeness (QED) is 0.875. The van der Waals surface area contributed by atoms with E-state index in [1.165, 1.54) is 12.1 Å². The zero-order valence-electron chi connectivity index (χ0n) is 11.1. The van der Waals surface area contributed by atoms with Crippen LogP contribution in [0.2, 0.25) is 0 Å². The third kappa shape index (κ3) is 3.84. The monoisotopic (exact) mass is 279 g/mol. The third-order valence-corrected chi connectivity index (χ3v) is 3.05. The molecule has 1 unspecified atom stereocenters. The summed E-state index contributed by atoms with van der Waals surface area (Å²) < 4.78 is 39.4. The molecule has 4 heteroatoms. The van der Waals surface area contributed by atoms with Gasteiger partial charge in [-0.15, -0.1) is 0 Å². The molecule has 20 heavy (non-hydrogen) atoms. The van der Waals surface area contributed by atoms with Crippen LogP contribution in [0.25, 0.3) is 0 Å². The molecule has 0 aliphatic carbocycles. The SMILES string of the molecule is Cc1cccc(CNC(c2ccccc2)C(F)(F)F)c1. The first-order chi connectivity index (χ1) is 9.47. The second-order valence-corrected chi connectivity index (χ2v) is 4.76. The molecular formula is C16H16F3N. The lowest BCUT2D eigenvalue weighted by atomic mass is 10.1. The molecule has 0 radical (unpaired) electrons. The van der Waals surface area contributed by atoms with Crippen molar-refractivity contribution in [2.24, 2.45) is 0 Å². The first-order valence-corrected chi connectivity index (χ1v) is 6.37. The second-order valence-electron chi connectivity index (χ2n) is 4.76. The first kappa shape index (κ1) is 14.6. The molecule has 1 N–H and O–H groups in total. The van der Waals surface area contributed by atoms with Crippen molar-refractivity contribution < 1.29 is 13.2 Å². The normalized spacial score (nSPS) is 13.2. The van der Waals surface area contributed by atoms with Crippen molar-refractivity contribution in [2.45, 2.75) is 25.7 Å². The maximum Gasteiger partial charge on any atom is 0.407 e. The summed E-state index contributed by atoms with van der Waals surface area (Å²) in [5.74, 6) is 0. The summed E-state index contributed by atoms with van der Waals surface area (Å²) in [6.07, 6.45) is -4.31. The molecular weight excluding hydrogens is 263 g/mol. The van der Waals surface area contributed by atoms with Gasteiger partial charge in [-0.25, -0.2) is 0 Å². The molecule has 2 rings (SSSR count). The highest BCUT2D eigenvalue weighted by atomic mass is 19.4. The molecule has 0 fully saturated rings. The Hall–Kier alpha value is -1.81. The highest BCUT2D eigenvalue weighted by Gasteiger charge is 2.40. The Bertz CT molecular complexity index is 549. The Morgan fingerprint density at radius 3 is 2.30 bits per heavy atom. The van der Waals surface area contributed by atoms with Crippen molar-refractivity contribution in [3.8, 4) is 0 Å². The third-order valence-electron chi connectivity index (χ3n) is 3.05. The number of benzene rings is 2. The zero-order valence-corrected chi connectivity index (χ0v) is 11.1. The summed E-state index contributed by atoms with van der Waals surface area (Å²) in [6.45, 7) is 2.10. The van der Waals surface area contributed by atoms with E-state index in [2.05, 4.69) is 5.32 Å². The summed E-state index contributed by atoms with van der Waals surface area (Å²) in [5, 5.41) is 2.59. The van der Waals surface area contributed by atoms with Crippen LogP contribution in [0.15, 0.2) is 54.6 Å². The maximum atomic E-state index is 13.1. The number of aryl methyl sites for hydroxylation is 1. The van der Waals surface area contributed by atoms with Gasteiger partial charge in [-0.3, -0.25) is 5.32 Å². The summed E-state index contributed by atoms with van der Waals surface area (Å²) in [4.78, 5) is 0. The summed E-state index contributed by atoms with van der Waals surface area (Å²) >= 11 is 0. The Labute approximate surface area is 116 Å². The molecule has 2 aromatic carbocycles. The van der Waals surface area contributed by atoms with Crippen molar-refractivity contribution in [3.63, 3.8) is 0 Å². The molecule has 0 bridgehead atoms. The number of alkyl halides is 3. The minimum atomic E-state index is -4.31. The van der Waals surface area contributed by atoms with Gasteiger partial charge in [0.05, 0.1) is 0 Å². The van der Waals surface area contributed by atoms with Gasteiger partial charge in [0.2, 0.25) is 0 Å². The van der Waals surface area contributed by atoms with Gasteiger partial charge in [0.15, 0.2) is 0 Å². The van der Waals surface area contributed by atoms with Crippen LogP contribution in [0, 0.1) is 6.92 Å². The fraction of sp³-hybridized carbons (Fsp3) is 0.250. The Morgan fingerprint density at radius 2 is 1.70 bits per heavy atom. The smallest absolute Gasteiger partial charge is 0.298 e. The van der Waals surface area contributed by atoms with Crippen molar-refractivity contribution in [1.29, 1.82) is 0 Å². The van der Waals surface area contributed by atoms with E-state index in [1.807, 2.05) is 31.2 Å². The van der Waals surface area contributed by atoms with E-state index in [0.29, 0.717) is 0 Å². The number of halogens is 3.